The molecule has 0 aliphatic carbocycles. The van der Waals surface area contributed by atoms with Gasteiger partial charge in [-0.2, -0.15) is 5.26 Å². The molecule has 2 aromatic carbocycles. The van der Waals surface area contributed by atoms with Crippen molar-refractivity contribution in [2.75, 3.05) is 25.2 Å². The third-order valence-corrected chi connectivity index (χ3v) is 5.64. The molecule has 1 heterocycles. The summed E-state index contributed by atoms with van der Waals surface area (Å²) in [6.45, 7) is 2.21. The van der Waals surface area contributed by atoms with Crippen molar-refractivity contribution < 1.29 is 19.0 Å². The highest BCUT2D eigenvalue weighted by atomic mass is 35.5. The molecule has 30 heavy (non-hydrogen) atoms. The maximum absolute atomic E-state index is 13.0. The van der Waals surface area contributed by atoms with E-state index in [2.05, 4.69) is 0 Å². The Labute approximate surface area is 189 Å². The first-order chi connectivity index (χ1) is 14.5. The van der Waals surface area contributed by atoms with Crippen molar-refractivity contribution in [3.63, 3.8) is 0 Å². The summed E-state index contributed by atoms with van der Waals surface area (Å²) < 4.78 is 16.5. The van der Waals surface area contributed by atoms with Gasteiger partial charge in [-0.1, -0.05) is 41.6 Å². The summed E-state index contributed by atoms with van der Waals surface area (Å²) in [6.07, 6.45) is 1.74. The average Bonchev–Trinajstić information content (AvgIpc) is 3.00. The molecule has 2 aromatic rings. The average molecular weight is 461 g/mol. The Morgan fingerprint density at radius 3 is 2.63 bits per heavy atom. The van der Waals surface area contributed by atoms with Crippen molar-refractivity contribution in [1.82, 2.24) is 0 Å². The largest absolute Gasteiger partial charge is 0.495 e. The monoisotopic (exact) mass is 460 g/mol. The topological polar surface area (TPSA) is 71.8 Å². The van der Waals surface area contributed by atoms with Gasteiger partial charge in [-0.05, 0) is 48.9 Å². The number of benzene rings is 2. The van der Waals surface area contributed by atoms with Gasteiger partial charge in [0.15, 0.2) is 22.4 Å². The summed E-state index contributed by atoms with van der Waals surface area (Å²) in [5.74, 6) is 1.24. The SMILES string of the molecule is CCOc1cc(/C=C2\SC(=S)N(c3ccc(OC)c(Cl)c3)C2=O)ccc1OCC#N. The first-order valence-corrected chi connectivity index (χ1v) is 10.5. The zero-order chi connectivity index (χ0) is 21.7. The molecule has 0 saturated carbocycles. The molecule has 154 valence electrons. The zero-order valence-corrected chi connectivity index (χ0v) is 18.6. The molecule has 6 nitrogen and oxygen atoms in total. The van der Waals surface area contributed by atoms with E-state index in [1.807, 2.05) is 13.0 Å². The van der Waals surface area contributed by atoms with E-state index in [-0.39, 0.29) is 12.5 Å². The lowest BCUT2D eigenvalue weighted by Crippen LogP contribution is -2.27. The highest BCUT2D eigenvalue weighted by Crippen LogP contribution is 2.39. The molecular weight excluding hydrogens is 444 g/mol. The number of nitriles is 1. The maximum atomic E-state index is 13.0. The van der Waals surface area contributed by atoms with Crippen LogP contribution in [0.2, 0.25) is 5.02 Å². The maximum Gasteiger partial charge on any atom is 0.270 e. The number of thiocarbonyl (C=S) groups is 1. The summed E-state index contributed by atoms with van der Waals surface area (Å²) in [4.78, 5) is 14.9. The number of nitrogens with zero attached hydrogens (tertiary/aromatic N) is 2. The summed E-state index contributed by atoms with van der Waals surface area (Å²) in [5.41, 5.74) is 1.32. The van der Waals surface area contributed by atoms with Gasteiger partial charge in [0.2, 0.25) is 0 Å². The second-order valence-corrected chi connectivity index (χ2v) is 8.00. The first-order valence-electron chi connectivity index (χ1n) is 8.86. The van der Waals surface area contributed by atoms with Crippen LogP contribution in [-0.4, -0.2) is 30.6 Å². The molecule has 3 rings (SSSR count). The summed E-state index contributed by atoms with van der Waals surface area (Å²) in [5, 5.41) is 9.11. The van der Waals surface area contributed by atoms with Gasteiger partial charge in [-0.15, -0.1) is 0 Å². The number of thioether (sulfide) groups is 1. The number of hydrogen-bond donors (Lipinski definition) is 0. The van der Waals surface area contributed by atoms with Crippen LogP contribution < -0.4 is 19.1 Å². The fourth-order valence-electron chi connectivity index (χ4n) is 2.75. The van der Waals surface area contributed by atoms with E-state index in [9.17, 15) is 4.79 Å². The van der Waals surface area contributed by atoms with Crippen LogP contribution in [0.1, 0.15) is 12.5 Å². The van der Waals surface area contributed by atoms with Gasteiger partial charge in [-0.25, -0.2) is 0 Å². The molecule has 1 aliphatic rings. The number of carbonyl (C=O) groups excluding carboxylic acids is 1. The molecule has 0 spiro atoms. The van der Waals surface area contributed by atoms with Crippen molar-refractivity contribution in [3.8, 4) is 23.3 Å². The number of hydrogen-bond acceptors (Lipinski definition) is 7. The summed E-state index contributed by atoms with van der Waals surface area (Å²) in [7, 11) is 1.52. The number of halogens is 1. The van der Waals surface area contributed by atoms with Gasteiger partial charge in [-0.3, -0.25) is 9.69 Å². The normalized spacial score (nSPS) is 14.7. The first kappa shape index (κ1) is 22.0. The number of amides is 1. The van der Waals surface area contributed by atoms with Crippen LogP contribution in [0.25, 0.3) is 6.08 Å². The predicted molar refractivity (Wildman–Crippen MR) is 122 cm³/mol. The minimum absolute atomic E-state index is 0.0809. The van der Waals surface area contributed by atoms with Crippen molar-refractivity contribution in [3.05, 3.63) is 51.9 Å². The molecule has 0 atom stereocenters. The van der Waals surface area contributed by atoms with E-state index in [0.29, 0.717) is 43.8 Å². The minimum atomic E-state index is -0.242. The van der Waals surface area contributed by atoms with Crippen LogP contribution in [-0.2, 0) is 4.79 Å². The summed E-state index contributed by atoms with van der Waals surface area (Å²) >= 11 is 12.8. The van der Waals surface area contributed by atoms with E-state index < -0.39 is 0 Å². The Balaban J connectivity index is 1.89. The Morgan fingerprint density at radius 2 is 1.97 bits per heavy atom. The Morgan fingerprint density at radius 1 is 1.20 bits per heavy atom. The summed E-state index contributed by atoms with van der Waals surface area (Å²) in [6, 6.07) is 12.2. The second-order valence-electron chi connectivity index (χ2n) is 5.92. The van der Waals surface area contributed by atoms with Crippen molar-refractivity contribution in [2.45, 2.75) is 6.92 Å². The van der Waals surface area contributed by atoms with Crippen molar-refractivity contribution >= 4 is 57.6 Å². The van der Waals surface area contributed by atoms with E-state index in [1.165, 1.54) is 23.8 Å². The molecule has 1 fully saturated rings. The van der Waals surface area contributed by atoms with Crippen LogP contribution in [0.15, 0.2) is 41.3 Å². The lowest BCUT2D eigenvalue weighted by Gasteiger charge is -2.15. The third-order valence-electron chi connectivity index (χ3n) is 4.04. The van der Waals surface area contributed by atoms with E-state index in [4.69, 9.17) is 43.3 Å². The van der Waals surface area contributed by atoms with E-state index >= 15 is 0 Å². The molecule has 0 unspecified atom stereocenters. The number of rotatable bonds is 7. The van der Waals surface area contributed by atoms with Crippen molar-refractivity contribution in [2.24, 2.45) is 0 Å². The molecule has 0 radical (unpaired) electrons. The third kappa shape index (κ3) is 4.70. The van der Waals surface area contributed by atoms with Crippen molar-refractivity contribution in [1.29, 1.82) is 5.26 Å². The van der Waals surface area contributed by atoms with Gasteiger partial charge >= 0.3 is 0 Å². The lowest BCUT2D eigenvalue weighted by molar-refractivity contribution is -0.113. The fraction of sp³-hybridized carbons (Fsp3) is 0.190. The predicted octanol–water partition coefficient (Wildman–Crippen LogP) is 5.06. The Hall–Kier alpha value is -2.73. The van der Waals surface area contributed by atoms with Crippen LogP contribution in [0, 0.1) is 11.3 Å². The molecular formula is C21H17ClN2O4S2. The number of methoxy groups -OCH3 is 1. The van der Waals surface area contributed by atoms with Crippen LogP contribution in [0.5, 0.6) is 17.2 Å². The quantitative estimate of drug-likeness (QED) is 0.422. The minimum Gasteiger partial charge on any atom is -0.495 e. The highest BCUT2D eigenvalue weighted by molar-refractivity contribution is 8.27. The van der Waals surface area contributed by atoms with E-state index in [0.717, 1.165) is 5.56 Å². The Bertz CT molecular complexity index is 1070. The van der Waals surface area contributed by atoms with Crippen LogP contribution in [0.3, 0.4) is 0 Å². The molecule has 0 N–H and O–H groups in total. The second kappa shape index (κ2) is 9.85. The number of carbonyl (C=O) groups is 1. The molecule has 9 heteroatoms. The fourth-order valence-corrected chi connectivity index (χ4v) is 4.30. The Kier molecular flexibility index (Phi) is 7.21. The number of ether oxygens (including phenoxy) is 3. The van der Waals surface area contributed by atoms with E-state index in [1.54, 1.807) is 42.5 Å². The lowest BCUT2D eigenvalue weighted by atomic mass is 10.1. The number of anilines is 1. The highest BCUT2D eigenvalue weighted by Gasteiger charge is 2.33. The molecule has 1 aliphatic heterocycles. The molecule has 0 bridgehead atoms. The molecule has 1 amide bonds. The molecule has 1 saturated heterocycles. The van der Waals surface area contributed by atoms with Crippen LogP contribution in [0.4, 0.5) is 5.69 Å². The zero-order valence-electron chi connectivity index (χ0n) is 16.2. The van der Waals surface area contributed by atoms with Gasteiger partial charge in [0, 0.05) is 0 Å². The molecule has 0 aromatic heterocycles. The van der Waals surface area contributed by atoms with Gasteiger partial charge in [0.05, 0.1) is 29.3 Å². The van der Waals surface area contributed by atoms with Crippen LogP contribution >= 0.6 is 35.6 Å². The van der Waals surface area contributed by atoms with Gasteiger partial charge in [0.1, 0.15) is 11.8 Å². The van der Waals surface area contributed by atoms with Gasteiger partial charge in [0.25, 0.3) is 5.91 Å². The van der Waals surface area contributed by atoms with Gasteiger partial charge < -0.3 is 14.2 Å². The standard InChI is InChI=1S/C21H17ClN2O4S2/c1-3-27-18-10-13(4-6-17(18)28-9-8-23)11-19-20(25)24(21(29)30-19)14-5-7-16(26-2)15(22)12-14/h4-7,10-12H,3,9H2,1-2H3/b19-11-. The smallest absolute Gasteiger partial charge is 0.270 e.